The Morgan fingerprint density at radius 1 is 1.11 bits per heavy atom. The SMILES string of the molecule is Cc1ccc(C(=O)NC2CCC(CCCC(=O)c3cc(F)cnc3OC3CCSCC3)CC2)c(O)c1. The second-order valence-corrected chi connectivity index (χ2v) is 11.2. The molecule has 1 aromatic carbocycles. The standard InChI is InChI=1S/C28H35FN2O4S/c1-18-5-10-23(26(33)15-18)27(34)31-21-8-6-19(7-9-21)3-2-4-25(32)24-16-20(29)17-30-28(24)35-22-11-13-36-14-12-22/h5,10,15-17,19,21-22,33H,2-4,6-9,11-14H2,1H3,(H,31,34). The van der Waals surface area contributed by atoms with Crippen molar-refractivity contribution in [1.82, 2.24) is 10.3 Å². The molecule has 2 aliphatic rings. The van der Waals surface area contributed by atoms with Gasteiger partial charge < -0.3 is 15.2 Å². The number of carbonyl (C=O) groups is 2. The Hall–Kier alpha value is -2.61. The van der Waals surface area contributed by atoms with Crippen molar-refractivity contribution in [2.24, 2.45) is 5.92 Å². The number of aryl methyl sites for hydroxylation is 1. The summed E-state index contributed by atoms with van der Waals surface area (Å²) >= 11 is 1.89. The number of phenols is 1. The molecule has 2 aromatic rings. The van der Waals surface area contributed by atoms with Gasteiger partial charge in [-0.1, -0.05) is 12.5 Å². The smallest absolute Gasteiger partial charge is 0.255 e. The number of Topliss-reactive ketones (excluding diaryl/α,β-unsaturated/α-hetero) is 1. The van der Waals surface area contributed by atoms with E-state index in [1.807, 2.05) is 24.8 Å². The van der Waals surface area contributed by atoms with Crippen LogP contribution in [0.3, 0.4) is 0 Å². The summed E-state index contributed by atoms with van der Waals surface area (Å²) in [5.41, 5.74) is 1.46. The molecule has 1 amide bonds. The van der Waals surface area contributed by atoms with Crippen molar-refractivity contribution in [2.45, 2.75) is 76.9 Å². The number of hydrogen-bond acceptors (Lipinski definition) is 6. The van der Waals surface area contributed by atoms with Crippen molar-refractivity contribution in [3.05, 3.63) is 53.0 Å². The second kappa shape index (κ2) is 12.6. The summed E-state index contributed by atoms with van der Waals surface area (Å²) in [6.45, 7) is 1.87. The lowest BCUT2D eigenvalue weighted by Gasteiger charge is -2.29. The van der Waals surface area contributed by atoms with Crippen LogP contribution in [0.1, 0.15) is 84.1 Å². The normalized spacial score (nSPS) is 20.6. The average Bonchev–Trinajstić information content (AvgIpc) is 2.86. The van der Waals surface area contributed by atoms with Gasteiger partial charge in [-0.05, 0) is 93.1 Å². The number of aromatic hydroxyl groups is 1. The Morgan fingerprint density at radius 2 is 1.86 bits per heavy atom. The summed E-state index contributed by atoms with van der Waals surface area (Å²) in [4.78, 5) is 29.5. The number of pyridine rings is 1. The predicted molar refractivity (Wildman–Crippen MR) is 139 cm³/mol. The van der Waals surface area contributed by atoms with Crippen LogP contribution in [0.4, 0.5) is 4.39 Å². The Morgan fingerprint density at radius 3 is 2.58 bits per heavy atom. The summed E-state index contributed by atoms with van der Waals surface area (Å²) in [6.07, 6.45) is 8.67. The lowest BCUT2D eigenvalue weighted by molar-refractivity contribution is 0.0913. The third kappa shape index (κ3) is 7.21. The maximum Gasteiger partial charge on any atom is 0.255 e. The number of nitrogens with one attached hydrogen (secondary N) is 1. The average molecular weight is 515 g/mol. The van der Waals surface area contributed by atoms with Gasteiger partial charge in [0, 0.05) is 12.5 Å². The minimum absolute atomic E-state index is 0.00523. The maximum atomic E-state index is 13.9. The van der Waals surface area contributed by atoms with E-state index in [1.165, 1.54) is 6.07 Å². The highest BCUT2D eigenvalue weighted by Gasteiger charge is 2.25. The van der Waals surface area contributed by atoms with Crippen LogP contribution in [0, 0.1) is 18.7 Å². The minimum atomic E-state index is -0.524. The molecule has 0 radical (unpaired) electrons. The van der Waals surface area contributed by atoms with Gasteiger partial charge in [-0.15, -0.1) is 0 Å². The van der Waals surface area contributed by atoms with Crippen LogP contribution in [0.15, 0.2) is 30.5 Å². The third-order valence-corrected chi connectivity index (χ3v) is 8.21. The first-order valence-electron chi connectivity index (χ1n) is 12.9. The van der Waals surface area contributed by atoms with Crippen molar-refractivity contribution in [3.8, 4) is 11.6 Å². The second-order valence-electron chi connectivity index (χ2n) is 9.96. The van der Waals surface area contributed by atoms with Crippen LogP contribution in [0.5, 0.6) is 11.6 Å². The molecule has 8 heteroatoms. The number of phenolic OH excluding ortho intramolecular Hbond substituents is 1. The van der Waals surface area contributed by atoms with E-state index in [0.29, 0.717) is 17.9 Å². The first kappa shape index (κ1) is 26.5. The lowest BCUT2D eigenvalue weighted by atomic mass is 9.82. The topological polar surface area (TPSA) is 88.5 Å². The number of nitrogens with zero attached hydrogens (tertiary/aromatic N) is 1. The van der Waals surface area contributed by atoms with Crippen molar-refractivity contribution in [2.75, 3.05) is 11.5 Å². The Labute approximate surface area is 216 Å². The molecule has 1 aliphatic carbocycles. The fourth-order valence-corrected chi connectivity index (χ4v) is 6.11. The number of aromatic nitrogens is 1. The quantitative estimate of drug-likeness (QED) is 0.408. The van der Waals surface area contributed by atoms with Crippen molar-refractivity contribution < 1.29 is 23.8 Å². The summed E-state index contributed by atoms with van der Waals surface area (Å²) in [7, 11) is 0. The van der Waals surface area contributed by atoms with Crippen LogP contribution >= 0.6 is 11.8 Å². The number of thioether (sulfide) groups is 1. The van der Waals surface area contributed by atoms with Gasteiger partial charge in [-0.2, -0.15) is 11.8 Å². The molecule has 1 aliphatic heterocycles. The van der Waals surface area contributed by atoms with Gasteiger partial charge in [-0.25, -0.2) is 9.37 Å². The number of hydrogen-bond donors (Lipinski definition) is 2. The van der Waals surface area contributed by atoms with Crippen molar-refractivity contribution in [1.29, 1.82) is 0 Å². The molecule has 1 aromatic heterocycles. The number of rotatable bonds is 9. The highest BCUT2D eigenvalue weighted by molar-refractivity contribution is 7.99. The first-order chi connectivity index (χ1) is 17.4. The van der Waals surface area contributed by atoms with E-state index in [-0.39, 0.29) is 41.0 Å². The van der Waals surface area contributed by atoms with Gasteiger partial charge in [0.05, 0.1) is 17.3 Å². The van der Waals surface area contributed by atoms with E-state index in [2.05, 4.69) is 10.3 Å². The van der Waals surface area contributed by atoms with Crippen LogP contribution in [-0.2, 0) is 0 Å². The minimum Gasteiger partial charge on any atom is -0.507 e. The highest BCUT2D eigenvalue weighted by Crippen LogP contribution is 2.30. The van der Waals surface area contributed by atoms with E-state index in [4.69, 9.17) is 4.74 Å². The molecule has 2 fully saturated rings. The van der Waals surface area contributed by atoms with Gasteiger partial charge in [0.2, 0.25) is 5.88 Å². The van der Waals surface area contributed by atoms with E-state index in [0.717, 1.165) is 74.6 Å². The molecule has 2 N–H and O–H groups in total. The fourth-order valence-electron chi connectivity index (χ4n) is 5.05. The molecule has 1 saturated carbocycles. The van der Waals surface area contributed by atoms with Crippen molar-refractivity contribution >= 4 is 23.5 Å². The Bertz CT molecular complexity index is 1070. The van der Waals surface area contributed by atoms with Gasteiger partial charge in [0.1, 0.15) is 17.7 Å². The maximum absolute atomic E-state index is 13.9. The van der Waals surface area contributed by atoms with Crippen molar-refractivity contribution in [3.63, 3.8) is 0 Å². The molecule has 0 atom stereocenters. The van der Waals surface area contributed by atoms with Crippen LogP contribution < -0.4 is 10.1 Å². The largest absolute Gasteiger partial charge is 0.507 e. The molecule has 36 heavy (non-hydrogen) atoms. The number of ether oxygens (including phenoxy) is 1. The summed E-state index contributed by atoms with van der Waals surface area (Å²) in [5, 5.41) is 13.1. The van der Waals surface area contributed by atoms with Crippen LogP contribution in [0.25, 0.3) is 0 Å². The van der Waals surface area contributed by atoms with Gasteiger partial charge in [-0.3, -0.25) is 9.59 Å². The molecule has 0 spiro atoms. The molecule has 1 saturated heterocycles. The summed E-state index contributed by atoms with van der Waals surface area (Å²) in [5.74, 6) is 1.92. The monoisotopic (exact) mass is 514 g/mol. The number of amides is 1. The zero-order chi connectivity index (χ0) is 25.5. The van der Waals surface area contributed by atoms with E-state index < -0.39 is 5.82 Å². The molecular formula is C28H35FN2O4S. The van der Waals surface area contributed by atoms with Gasteiger partial charge in [0.15, 0.2) is 5.78 Å². The van der Waals surface area contributed by atoms with E-state index in [9.17, 15) is 19.1 Å². The third-order valence-electron chi connectivity index (χ3n) is 7.16. The first-order valence-corrected chi connectivity index (χ1v) is 14.1. The van der Waals surface area contributed by atoms with Crippen LogP contribution in [-0.4, -0.2) is 45.4 Å². The van der Waals surface area contributed by atoms with Gasteiger partial charge >= 0.3 is 0 Å². The molecule has 0 bridgehead atoms. The zero-order valence-electron chi connectivity index (χ0n) is 20.8. The molecule has 194 valence electrons. The van der Waals surface area contributed by atoms with E-state index in [1.54, 1.807) is 12.1 Å². The Balaban J connectivity index is 1.21. The number of carbonyl (C=O) groups excluding carboxylic acids is 2. The number of benzene rings is 1. The summed E-state index contributed by atoms with van der Waals surface area (Å²) < 4.78 is 19.8. The fraction of sp³-hybridized carbons (Fsp3) is 0.536. The van der Waals surface area contributed by atoms with Gasteiger partial charge in [0.25, 0.3) is 5.91 Å². The molecule has 2 heterocycles. The molecule has 6 nitrogen and oxygen atoms in total. The summed E-state index contributed by atoms with van der Waals surface area (Å²) in [6, 6.07) is 6.41. The molecule has 0 unspecified atom stereocenters. The van der Waals surface area contributed by atoms with E-state index >= 15 is 0 Å². The lowest BCUT2D eigenvalue weighted by Crippen LogP contribution is -2.37. The number of halogens is 1. The number of ketones is 1. The predicted octanol–water partition coefficient (Wildman–Crippen LogP) is 5.85. The Kier molecular flexibility index (Phi) is 9.24. The highest BCUT2D eigenvalue weighted by atomic mass is 32.2. The molecule has 4 rings (SSSR count). The zero-order valence-corrected chi connectivity index (χ0v) is 21.6. The van der Waals surface area contributed by atoms with Crippen LogP contribution in [0.2, 0.25) is 0 Å². The molecular weight excluding hydrogens is 479 g/mol.